The van der Waals surface area contributed by atoms with Gasteiger partial charge >= 0.3 is 64.7 Å². The first-order chi connectivity index (χ1) is 6.15. The minimum atomic E-state index is -1.83. The molecule has 6 N–H and O–H groups in total. The molecule has 0 aromatic rings. The third-order valence-corrected chi connectivity index (χ3v) is 6.09. The predicted octanol–water partition coefficient (Wildman–Crippen LogP) is -1.59. The smallest absolute Gasteiger partial charge is 0.450 e. The van der Waals surface area contributed by atoms with Gasteiger partial charge in [-0.25, -0.2) is 4.79 Å². The third-order valence-electron chi connectivity index (χ3n) is 1.24. The van der Waals surface area contributed by atoms with Crippen LogP contribution in [0.3, 0.4) is 0 Å². The molecule has 7 nitrogen and oxygen atoms in total. The minimum absolute atomic E-state index is 1.11. The standard InChI is InChI=1S/2C2H6N2.CH2O3.Pd/c2*3-1-2-4;2-1(3)4;/h2*3-4H,1-2H2;(H2,2,3,4);/q2*-2;;+4. The predicted molar refractivity (Wildman–Crippen MR) is 42.7 cm³/mol. The van der Waals surface area contributed by atoms with Gasteiger partial charge in [0.15, 0.2) is 0 Å². The molecular formula is C5H14N4O3Pd. The molecule has 0 unspecified atom stereocenters. The summed E-state index contributed by atoms with van der Waals surface area (Å²) in [5, 5.41) is 13.9. The second kappa shape index (κ2) is 4.86. The number of hydrogen-bond acceptors (Lipinski definition) is 5. The van der Waals surface area contributed by atoms with Crippen molar-refractivity contribution in [1.82, 2.24) is 15.8 Å². The maximum Gasteiger partial charge on any atom is 0.503 e. The summed E-state index contributed by atoms with van der Waals surface area (Å²) in [7, 11) is 0. The zero-order valence-corrected chi connectivity index (χ0v) is 8.50. The fourth-order valence-corrected chi connectivity index (χ4v) is 5.14. The van der Waals surface area contributed by atoms with Gasteiger partial charge in [-0.15, -0.1) is 0 Å². The maximum absolute atomic E-state index is 8.56. The van der Waals surface area contributed by atoms with Crippen LogP contribution in [0.15, 0.2) is 0 Å². The van der Waals surface area contributed by atoms with Gasteiger partial charge < -0.3 is 10.2 Å². The van der Waals surface area contributed by atoms with Crippen LogP contribution < -0.4 is 15.8 Å². The van der Waals surface area contributed by atoms with Gasteiger partial charge in [0.2, 0.25) is 0 Å². The summed E-state index contributed by atoms with van der Waals surface area (Å²) >= 11 is -1.58. The van der Waals surface area contributed by atoms with Gasteiger partial charge in [0.25, 0.3) is 0 Å². The Bertz CT molecular complexity index is 157. The molecule has 0 atom stereocenters. The van der Waals surface area contributed by atoms with Crippen molar-refractivity contribution in [3.8, 4) is 0 Å². The van der Waals surface area contributed by atoms with Gasteiger partial charge in [0.1, 0.15) is 0 Å². The van der Waals surface area contributed by atoms with Crippen LogP contribution >= 0.6 is 0 Å². The molecule has 2 fully saturated rings. The van der Waals surface area contributed by atoms with Gasteiger partial charge in [-0.05, 0) is 0 Å². The van der Waals surface area contributed by atoms with Crippen molar-refractivity contribution in [1.29, 1.82) is 0 Å². The summed E-state index contributed by atoms with van der Waals surface area (Å²) < 4.78 is 13.8. The Labute approximate surface area is 80.1 Å². The van der Waals surface area contributed by atoms with Crippen LogP contribution in [0, 0.1) is 0 Å². The summed E-state index contributed by atoms with van der Waals surface area (Å²) in [4.78, 5) is 8.56. The molecule has 0 aromatic heterocycles. The Hall–Kier alpha value is -0.228. The monoisotopic (exact) mass is 284 g/mol. The van der Waals surface area contributed by atoms with E-state index in [1.165, 1.54) is 0 Å². The molecule has 2 aliphatic heterocycles. The number of nitrogens with one attached hydrogen (secondary N) is 4. The minimum Gasteiger partial charge on any atom is -0.450 e. The number of carbonyl (C=O) groups is 1. The molecule has 82 valence electrons. The molecule has 0 radical (unpaired) electrons. The molecule has 0 saturated carbocycles. The summed E-state index contributed by atoms with van der Waals surface area (Å²) in [6.07, 6.45) is -1.83. The number of rotatable bonds is 0. The van der Waals surface area contributed by atoms with E-state index in [4.69, 9.17) is 15.0 Å². The van der Waals surface area contributed by atoms with Gasteiger partial charge in [0.05, 0.1) is 0 Å². The van der Waals surface area contributed by atoms with Gasteiger partial charge in [-0.1, -0.05) is 0 Å². The molecule has 0 aliphatic carbocycles. The average molecular weight is 285 g/mol. The van der Waals surface area contributed by atoms with Crippen LogP contribution in [-0.4, -0.2) is 42.5 Å². The SMILES string of the molecule is C1C[NH][Pd]2([NH]1)[NH]CC[NH]2.O=C(O)O. The first-order valence-electron chi connectivity index (χ1n) is 3.70. The molecule has 2 heterocycles. The second-order valence-corrected chi connectivity index (χ2v) is 6.73. The fraction of sp³-hybridized carbons (Fsp3) is 0.800. The summed E-state index contributed by atoms with van der Waals surface area (Å²) in [5.41, 5.74) is 0. The van der Waals surface area contributed by atoms with Crippen LogP contribution in [0.25, 0.3) is 0 Å². The van der Waals surface area contributed by atoms with Crippen molar-refractivity contribution in [2.75, 3.05) is 26.2 Å². The Balaban J connectivity index is 0.000000184. The molecule has 2 aliphatic rings. The second-order valence-electron chi connectivity index (χ2n) is 2.20. The average Bonchev–Trinajstić information content (AvgIpc) is 2.63. The van der Waals surface area contributed by atoms with Crippen molar-refractivity contribution >= 4 is 6.16 Å². The van der Waals surface area contributed by atoms with Crippen LogP contribution in [0.5, 0.6) is 0 Å². The van der Waals surface area contributed by atoms with E-state index in [9.17, 15) is 0 Å². The quantitative estimate of drug-likeness (QED) is 0.298. The largest absolute Gasteiger partial charge is 0.503 e. The Morgan fingerprint density at radius 1 is 0.923 bits per heavy atom. The zero-order chi connectivity index (χ0) is 9.73. The molecule has 0 aromatic carbocycles. The van der Waals surface area contributed by atoms with E-state index in [-0.39, 0.29) is 0 Å². The Morgan fingerprint density at radius 2 is 1.15 bits per heavy atom. The number of hydrogen-bond donors (Lipinski definition) is 6. The van der Waals surface area contributed by atoms with Crippen LogP contribution in [0.2, 0.25) is 0 Å². The van der Waals surface area contributed by atoms with Crippen LogP contribution in [-0.2, 0) is 16.5 Å². The normalized spacial score (nSPS) is 26.5. The first kappa shape index (κ1) is 10.9. The van der Waals surface area contributed by atoms with Crippen molar-refractivity contribution in [2.45, 2.75) is 0 Å². The molecule has 1 spiro atoms. The van der Waals surface area contributed by atoms with E-state index in [0.29, 0.717) is 0 Å². The van der Waals surface area contributed by atoms with Crippen LogP contribution in [0.1, 0.15) is 0 Å². The van der Waals surface area contributed by atoms with E-state index in [2.05, 4.69) is 15.8 Å². The van der Waals surface area contributed by atoms with Crippen molar-refractivity contribution in [3.63, 3.8) is 0 Å². The van der Waals surface area contributed by atoms with Crippen LogP contribution in [0.4, 0.5) is 4.79 Å². The Morgan fingerprint density at radius 3 is 1.38 bits per heavy atom. The molecule has 2 rings (SSSR count). The first-order valence-corrected chi connectivity index (χ1v) is 6.81. The zero-order valence-electron chi connectivity index (χ0n) is 6.95. The van der Waals surface area contributed by atoms with Crippen molar-refractivity contribution in [2.24, 2.45) is 0 Å². The van der Waals surface area contributed by atoms with E-state index in [1.54, 1.807) is 0 Å². The fourth-order valence-electron chi connectivity index (χ4n) is 0.870. The summed E-state index contributed by atoms with van der Waals surface area (Å²) in [5.74, 6) is 0. The van der Waals surface area contributed by atoms with Crippen molar-refractivity contribution in [3.05, 3.63) is 0 Å². The van der Waals surface area contributed by atoms with E-state index in [0.717, 1.165) is 26.2 Å². The van der Waals surface area contributed by atoms with E-state index in [1.807, 2.05) is 0 Å². The molecule has 2 saturated heterocycles. The van der Waals surface area contributed by atoms with E-state index >= 15 is 0 Å². The summed E-state index contributed by atoms with van der Waals surface area (Å²) in [6, 6.07) is 0. The molecule has 8 heteroatoms. The molecule has 0 amide bonds. The molecule has 0 bridgehead atoms. The number of carboxylic acid groups (broad SMARTS) is 2. The topological polar surface area (TPSA) is 106 Å². The van der Waals surface area contributed by atoms with Gasteiger partial charge in [-0.3, -0.25) is 0 Å². The summed E-state index contributed by atoms with van der Waals surface area (Å²) in [6.45, 7) is 4.43. The Kier molecular flexibility index (Phi) is 4.05. The third kappa shape index (κ3) is 3.56. The van der Waals surface area contributed by atoms with Gasteiger partial charge in [-0.2, -0.15) is 0 Å². The molecular weight excluding hydrogens is 270 g/mol. The molecule has 13 heavy (non-hydrogen) atoms. The van der Waals surface area contributed by atoms with Gasteiger partial charge in [0, 0.05) is 0 Å². The van der Waals surface area contributed by atoms with E-state index < -0.39 is 22.7 Å². The van der Waals surface area contributed by atoms with Crippen molar-refractivity contribution < 1.29 is 31.5 Å². The maximum atomic E-state index is 8.56.